The number of nitrogens with one attached hydrogen (secondary N) is 1. The molecule has 0 amide bonds. The van der Waals surface area contributed by atoms with Gasteiger partial charge in [0, 0.05) is 36.8 Å². The van der Waals surface area contributed by atoms with E-state index in [4.69, 9.17) is 4.74 Å². The van der Waals surface area contributed by atoms with Gasteiger partial charge in [-0.2, -0.15) is 11.8 Å². The Labute approximate surface area is 110 Å². The van der Waals surface area contributed by atoms with E-state index in [9.17, 15) is 0 Å². The van der Waals surface area contributed by atoms with Gasteiger partial charge < -0.3 is 15.0 Å². The molecular weight excluding hydrogens is 232 g/mol. The fraction of sp³-hybridized carbons (Fsp3) is 1.00. The van der Waals surface area contributed by atoms with Crippen molar-refractivity contribution in [1.82, 2.24) is 10.2 Å². The molecular formula is C13H26N2OS. The van der Waals surface area contributed by atoms with Crippen molar-refractivity contribution < 1.29 is 4.74 Å². The average Bonchev–Trinajstić information content (AvgIpc) is 2.41. The molecule has 0 bridgehead atoms. The summed E-state index contributed by atoms with van der Waals surface area (Å²) < 4.78 is 5.41. The Bertz CT molecular complexity index is 204. The quantitative estimate of drug-likeness (QED) is 0.809. The molecule has 100 valence electrons. The second-order valence-electron chi connectivity index (χ2n) is 5.14. The molecule has 0 radical (unpaired) electrons. The van der Waals surface area contributed by atoms with Crippen molar-refractivity contribution in [3.05, 3.63) is 0 Å². The number of hydrogen-bond acceptors (Lipinski definition) is 4. The highest BCUT2D eigenvalue weighted by Gasteiger charge is 2.19. The molecule has 0 aromatic rings. The van der Waals surface area contributed by atoms with Crippen LogP contribution in [0.15, 0.2) is 0 Å². The Kier molecular flexibility index (Phi) is 6.12. The van der Waals surface area contributed by atoms with E-state index >= 15 is 0 Å². The lowest BCUT2D eigenvalue weighted by Crippen LogP contribution is -2.38. The third-order valence-electron chi connectivity index (χ3n) is 3.90. The Balaban J connectivity index is 1.57. The Morgan fingerprint density at radius 1 is 1.18 bits per heavy atom. The van der Waals surface area contributed by atoms with Crippen LogP contribution in [0.5, 0.6) is 0 Å². The number of nitrogens with zero attached hydrogens (tertiary/aromatic N) is 1. The highest BCUT2D eigenvalue weighted by Crippen LogP contribution is 2.21. The molecule has 0 aromatic carbocycles. The largest absolute Gasteiger partial charge is 0.381 e. The molecule has 0 unspecified atom stereocenters. The first-order valence-corrected chi connectivity index (χ1v) is 8.01. The maximum atomic E-state index is 5.41. The van der Waals surface area contributed by atoms with Crippen molar-refractivity contribution in [2.24, 2.45) is 0 Å². The van der Waals surface area contributed by atoms with Crippen LogP contribution in [-0.2, 0) is 4.74 Å². The second kappa shape index (κ2) is 7.62. The van der Waals surface area contributed by atoms with Gasteiger partial charge in [0.1, 0.15) is 0 Å². The molecule has 0 atom stereocenters. The number of hydrogen-bond donors (Lipinski definition) is 1. The zero-order valence-electron chi connectivity index (χ0n) is 11.0. The highest BCUT2D eigenvalue weighted by molar-refractivity contribution is 7.99. The molecule has 3 nitrogen and oxygen atoms in total. The van der Waals surface area contributed by atoms with Crippen molar-refractivity contribution >= 4 is 11.8 Å². The van der Waals surface area contributed by atoms with Gasteiger partial charge in [-0.1, -0.05) is 0 Å². The molecule has 0 aliphatic carbocycles. The maximum absolute atomic E-state index is 5.41. The molecule has 2 fully saturated rings. The Morgan fingerprint density at radius 2 is 1.88 bits per heavy atom. The molecule has 4 heteroatoms. The zero-order valence-corrected chi connectivity index (χ0v) is 11.8. The second-order valence-corrected chi connectivity index (χ2v) is 6.55. The van der Waals surface area contributed by atoms with Gasteiger partial charge in [-0.3, -0.25) is 0 Å². The van der Waals surface area contributed by atoms with Crippen molar-refractivity contribution in [2.45, 2.75) is 37.0 Å². The van der Waals surface area contributed by atoms with Crippen molar-refractivity contribution in [1.29, 1.82) is 0 Å². The number of rotatable bonds is 5. The average molecular weight is 258 g/mol. The van der Waals surface area contributed by atoms with Gasteiger partial charge in [0.15, 0.2) is 0 Å². The van der Waals surface area contributed by atoms with Gasteiger partial charge in [-0.25, -0.2) is 0 Å². The van der Waals surface area contributed by atoms with Crippen LogP contribution >= 0.6 is 11.8 Å². The van der Waals surface area contributed by atoms with E-state index in [2.05, 4.69) is 29.0 Å². The van der Waals surface area contributed by atoms with E-state index in [0.717, 1.165) is 24.5 Å². The van der Waals surface area contributed by atoms with Crippen molar-refractivity contribution in [3.63, 3.8) is 0 Å². The van der Waals surface area contributed by atoms with Gasteiger partial charge in [0.05, 0.1) is 0 Å². The number of piperidine rings is 1. The molecule has 17 heavy (non-hydrogen) atoms. The van der Waals surface area contributed by atoms with E-state index < -0.39 is 0 Å². The minimum Gasteiger partial charge on any atom is -0.381 e. The van der Waals surface area contributed by atoms with Gasteiger partial charge in [-0.05, 0) is 45.8 Å². The fourth-order valence-electron chi connectivity index (χ4n) is 2.63. The predicted molar refractivity (Wildman–Crippen MR) is 74.8 cm³/mol. The SMILES string of the molecule is CN(CCSC1CCNCC1)C1CCOCC1. The minimum atomic E-state index is 0.761. The van der Waals surface area contributed by atoms with Gasteiger partial charge >= 0.3 is 0 Å². The topological polar surface area (TPSA) is 24.5 Å². The van der Waals surface area contributed by atoms with E-state index in [1.54, 1.807) is 0 Å². The third kappa shape index (κ3) is 4.78. The summed E-state index contributed by atoms with van der Waals surface area (Å²) in [6.07, 6.45) is 5.14. The summed E-state index contributed by atoms with van der Waals surface area (Å²) in [5, 5.41) is 4.33. The minimum absolute atomic E-state index is 0.761. The van der Waals surface area contributed by atoms with Crippen LogP contribution in [0.1, 0.15) is 25.7 Å². The molecule has 2 heterocycles. The molecule has 0 spiro atoms. The van der Waals surface area contributed by atoms with E-state index in [0.29, 0.717) is 0 Å². The summed E-state index contributed by atoms with van der Waals surface area (Å²) in [5.41, 5.74) is 0. The first kappa shape index (κ1) is 13.7. The fourth-order valence-corrected chi connectivity index (χ4v) is 3.93. The summed E-state index contributed by atoms with van der Waals surface area (Å²) in [6, 6.07) is 0.761. The van der Waals surface area contributed by atoms with Crippen LogP contribution in [0.25, 0.3) is 0 Å². The maximum Gasteiger partial charge on any atom is 0.0480 e. The summed E-state index contributed by atoms with van der Waals surface area (Å²) in [6.45, 7) is 5.58. The molecule has 0 aromatic heterocycles. The lowest BCUT2D eigenvalue weighted by molar-refractivity contribution is 0.0450. The molecule has 2 rings (SSSR count). The van der Waals surface area contributed by atoms with Gasteiger partial charge in [0.25, 0.3) is 0 Å². The number of ether oxygens (including phenoxy) is 1. The highest BCUT2D eigenvalue weighted by atomic mass is 32.2. The Morgan fingerprint density at radius 3 is 2.59 bits per heavy atom. The van der Waals surface area contributed by atoms with Crippen molar-refractivity contribution in [2.75, 3.05) is 45.6 Å². The summed E-state index contributed by atoms with van der Waals surface area (Å²) in [5.74, 6) is 1.29. The van der Waals surface area contributed by atoms with Gasteiger partial charge in [-0.15, -0.1) is 0 Å². The molecule has 1 N–H and O–H groups in total. The van der Waals surface area contributed by atoms with Crippen LogP contribution in [0.3, 0.4) is 0 Å². The van der Waals surface area contributed by atoms with Crippen LogP contribution in [-0.4, -0.2) is 61.8 Å². The van der Waals surface area contributed by atoms with E-state index in [1.165, 1.54) is 51.1 Å². The molecule has 2 saturated heterocycles. The molecule has 0 saturated carbocycles. The smallest absolute Gasteiger partial charge is 0.0480 e. The van der Waals surface area contributed by atoms with E-state index in [-0.39, 0.29) is 0 Å². The van der Waals surface area contributed by atoms with Crippen molar-refractivity contribution in [3.8, 4) is 0 Å². The number of thioether (sulfide) groups is 1. The predicted octanol–water partition coefficient (Wildman–Crippen LogP) is 1.58. The first-order valence-electron chi connectivity index (χ1n) is 6.96. The van der Waals surface area contributed by atoms with Crippen LogP contribution in [0.4, 0.5) is 0 Å². The normalized spacial score (nSPS) is 24.4. The zero-order chi connectivity index (χ0) is 11.9. The summed E-state index contributed by atoms with van der Waals surface area (Å²) in [7, 11) is 2.28. The van der Waals surface area contributed by atoms with E-state index in [1.807, 2.05) is 0 Å². The van der Waals surface area contributed by atoms with Crippen LogP contribution < -0.4 is 5.32 Å². The third-order valence-corrected chi connectivity index (χ3v) is 5.26. The lowest BCUT2D eigenvalue weighted by atomic mass is 10.1. The monoisotopic (exact) mass is 258 g/mol. The summed E-state index contributed by atoms with van der Waals surface area (Å²) in [4.78, 5) is 2.54. The van der Waals surface area contributed by atoms with Crippen LogP contribution in [0, 0.1) is 0 Å². The molecule has 2 aliphatic rings. The Hall–Kier alpha value is 0.230. The summed E-state index contributed by atoms with van der Waals surface area (Å²) >= 11 is 2.18. The molecule has 2 aliphatic heterocycles. The standard InChI is InChI=1S/C13H26N2OS/c1-15(12-4-9-16-10-5-12)8-11-17-13-2-6-14-7-3-13/h12-14H,2-11H2,1H3. The lowest BCUT2D eigenvalue weighted by Gasteiger charge is -2.31. The van der Waals surface area contributed by atoms with Crippen LogP contribution in [0.2, 0.25) is 0 Å². The van der Waals surface area contributed by atoms with Gasteiger partial charge in [0.2, 0.25) is 0 Å². The first-order chi connectivity index (χ1) is 8.36.